The molecular weight excluding hydrogens is 360 g/mol. The first kappa shape index (κ1) is 19.0. The molecule has 0 spiro atoms. The van der Waals surface area contributed by atoms with E-state index in [0.29, 0.717) is 17.1 Å². The summed E-state index contributed by atoms with van der Waals surface area (Å²) < 4.78 is 10.3. The number of Topliss-reactive ketones (excluding diaryl/α,β-unsaturated/α-hetero) is 1. The Morgan fingerprint density at radius 3 is 2.58 bits per heavy atom. The van der Waals surface area contributed by atoms with E-state index in [1.54, 1.807) is 6.07 Å². The molecule has 26 heavy (non-hydrogen) atoms. The van der Waals surface area contributed by atoms with Crippen LogP contribution in [0.15, 0.2) is 42.0 Å². The van der Waals surface area contributed by atoms with Crippen molar-refractivity contribution < 1.29 is 19.2 Å². The van der Waals surface area contributed by atoms with Crippen LogP contribution in [-0.2, 0) is 0 Å². The maximum atomic E-state index is 12.5. The molecule has 0 bridgehead atoms. The number of nitriles is 1. The molecule has 0 radical (unpaired) electrons. The Bertz CT molecular complexity index is 947. The molecule has 0 N–H and O–H groups in total. The van der Waals surface area contributed by atoms with Crippen LogP contribution >= 0.6 is 11.6 Å². The van der Waals surface area contributed by atoms with E-state index < -0.39 is 10.7 Å². The largest absolute Gasteiger partial charge is 0.493 e. The van der Waals surface area contributed by atoms with E-state index in [2.05, 4.69) is 0 Å². The average molecular weight is 373 g/mol. The van der Waals surface area contributed by atoms with Crippen molar-refractivity contribution in [3.05, 3.63) is 68.2 Å². The molecule has 0 fully saturated rings. The molecule has 2 aromatic carbocycles. The number of ether oxygens (including phenoxy) is 2. The number of rotatable bonds is 6. The van der Waals surface area contributed by atoms with Gasteiger partial charge in [0, 0.05) is 17.7 Å². The van der Waals surface area contributed by atoms with E-state index in [4.69, 9.17) is 21.1 Å². The van der Waals surface area contributed by atoms with Gasteiger partial charge in [0.2, 0.25) is 5.78 Å². The van der Waals surface area contributed by atoms with Gasteiger partial charge in [-0.05, 0) is 23.8 Å². The van der Waals surface area contributed by atoms with Gasteiger partial charge in [0.1, 0.15) is 11.6 Å². The Balaban J connectivity index is 2.47. The van der Waals surface area contributed by atoms with E-state index in [-0.39, 0.29) is 21.8 Å². The number of nitro benzene ring substituents is 1. The summed E-state index contributed by atoms with van der Waals surface area (Å²) in [5.74, 6) is 0.0308. The Morgan fingerprint density at radius 2 is 2.00 bits per heavy atom. The molecule has 0 aromatic heterocycles. The fraction of sp³-hybridized carbons (Fsp3) is 0.111. The monoisotopic (exact) mass is 372 g/mol. The zero-order valence-corrected chi connectivity index (χ0v) is 14.6. The number of non-ortho nitro benzene ring substituents is 1. The predicted molar refractivity (Wildman–Crippen MR) is 95.6 cm³/mol. The maximum Gasteiger partial charge on any atom is 0.270 e. The number of nitro groups is 1. The maximum absolute atomic E-state index is 12.5. The summed E-state index contributed by atoms with van der Waals surface area (Å²) in [4.78, 5) is 22.8. The summed E-state index contributed by atoms with van der Waals surface area (Å²) in [5.41, 5.74) is 0.0534. The highest BCUT2D eigenvalue weighted by atomic mass is 35.5. The quantitative estimate of drug-likeness (QED) is 0.249. The van der Waals surface area contributed by atoms with Crippen molar-refractivity contribution in [3.63, 3.8) is 0 Å². The molecule has 0 saturated heterocycles. The number of halogens is 1. The van der Waals surface area contributed by atoms with Gasteiger partial charge in [-0.1, -0.05) is 23.7 Å². The second kappa shape index (κ2) is 8.14. The number of methoxy groups -OCH3 is 2. The van der Waals surface area contributed by atoms with E-state index in [0.717, 1.165) is 6.07 Å². The molecule has 7 nitrogen and oxygen atoms in total. The number of nitrogens with zero attached hydrogens (tertiary/aromatic N) is 2. The van der Waals surface area contributed by atoms with E-state index >= 15 is 0 Å². The lowest BCUT2D eigenvalue weighted by Gasteiger charge is -2.10. The van der Waals surface area contributed by atoms with Crippen molar-refractivity contribution in [1.29, 1.82) is 5.26 Å². The van der Waals surface area contributed by atoms with Crippen LogP contribution in [0.5, 0.6) is 11.5 Å². The SMILES string of the molecule is COc1cc(/C=C(\C#N)C(=O)c2cccc([N+](=O)[O-])c2)cc(Cl)c1OC. The van der Waals surface area contributed by atoms with Gasteiger partial charge in [0.05, 0.1) is 24.2 Å². The number of ketones is 1. The van der Waals surface area contributed by atoms with E-state index in [9.17, 15) is 20.2 Å². The topological polar surface area (TPSA) is 102 Å². The molecule has 0 aliphatic rings. The molecule has 132 valence electrons. The molecule has 2 aromatic rings. The summed E-state index contributed by atoms with van der Waals surface area (Å²) in [6, 6.07) is 10.1. The Labute approximate surface area is 154 Å². The first-order chi connectivity index (χ1) is 12.4. The van der Waals surface area contributed by atoms with Gasteiger partial charge in [0.15, 0.2) is 11.5 Å². The Kier molecular flexibility index (Phi) is 5.94. The summed E-state index contributed by atoms with van der Waals surface area (Å²) in [6.07, 6.45) is 1.33. The van der Waals surface area contributed by atoms with Crippen molar-refractivity contribution in [2.75, 3.05) is 14.2 Å². The lowest BCUT2D eigenvalue weighted by Crippen LogP contribution is -2.03. The highest BCUT2D eigenvalue weighted by molar-refractivity contribution is 6.32. The number of carbonyl (C=O) groups is 1. The lowest BCUT2D eigenvalue weighted by molar-refractivity contribution is -0.384. The first-order valence-electron chi connectivity index (χ1n) is 7.23. The Hall–Kier alpha value is -3.37. The summed E-state index contributed by atoms with van der Waals surface area (Å²) in [5, 5.41) is 20.4. The molecule has 0 atom stereocenters. The summed E-state index contributed by atoms with van der Waals surface area (Å²) in [7, 11) is 2.87. The minimum atomic E-state index is -0.637. The number of benzene rings is 2. The van der Waals surface area contributed by atoms with Gasteiger partial charge in [-0.2, -0.15) is 5.26 Å². The second-order valence-corrected chi connectivity index (χ2v) is 5.45. The fourth-order valence-electron chi connectivity index (χ4n) is 2.25. The van der Waals surface area contributed by atoms with E-state index in [1.165, 1.54) is 44.6 Å². The molecule has 0 unspecified atom stereocenters. The van der Waals surface area contributed by atoms with Crippen molar-refractivity contribution in [1.82, 2.24) is 0 Å². The van der Waals surface area contributed by atoms with Crippen molar-refractivity contribution in [2.45, 2.75) is 0 Å². The fourth-order valence-corrected chi connectivity index (χ4v) is 2.55. The highest BCUT2D eigenvalue weighted by Gasteiger charge is 2.17. The third-order valence-corrected chi connectivity index (χ3v) is 3.73. The molecular formula is C18H13ClN2O5. The zero-order valence-electron chi connectivity index (χ0n) is 13.9. The second-order valence-electron chi connectivity index (χ2n) is 5.04. The third kappa shape index (κ3) is 3.99. The minimum Gasteiger partial charge on any atom is -0.493 e. The van der Waals surface area contributed by atoms with Crippen LogP contribution in [0.1, 0.15) is 15.9 Å². The molecule has 2 rings (SSSR count). The standard InChI is InChI=1S/C18H13ClN2O5/c1-25-16-8-11(7-15(19)18(16)26-2)6-13(10-20)17(22)12-4-3-5-14(9-12)21(23)24/h3-9H,1-2H3/b13-6+. The van der Waals surface area contributed by atoms with Crippen LogP contribution in [0.3, 0.4) is 0 Å². The first-order valence-corrected chi connectivity index (χ1v) is 7.61. The molecule has 0 heterocycles. The van der Waals surface area contributed by atoms with Crippen LogP contribution in [0.25, 0.3) is 6.08 Å². The van der Waals surface area contributed by atoms with Crippen LogP contribution in [0.2, 0.25) is 5.02 Å². The van der Waals surface area contributed by atoms with Gasteiger partial charge in [0.25, 0.3) is 5.69 Å². The zero-order chi connectivity index (χ0) is 19.3. The lowest BCUT2D eigenvalue weighted by atomic mass is 10.0. The van der Waals surface area contributed by atoms with Crippen LogP contribution in [-0.4, -0.2) is 24.9 Å². The molecule has 0 aliphatic carbocycles. The summed E-state index contributed by atoms with van der Waals surface area (Å²) in [6.45, 7) is 0. The van der Waals surface area contributed by atoms with Crippen molar-refractivity contribution in [2.24, 2.45) is 0 Å². The van der Waals surface area contributed by atoms with Crippen LogP contribution in [0, 0.1) is 21.4 Å². The molecule has 0 saturated carbocycles. The molecule has 0 amide bonds. The molecule has 0 aliphatic heterocycles. The number of hydrogen-bond acceptors (Lipinski definition) is 6. The van der Waals surface area contributed by atoms with Gasteiger partial charge in [-0.15, -0.1) is 0 Å². The van der Waals surface area contributed by atoms with Crippen molar-refractivity contribution >= 4 is 29.1 Å². The Morgan fingerprint density at radius 1 is 1.27 bits per heavy atom. The van der Waals surface area contributed by atoms with Gasteiger partial charge < -0.3 is 9.47 Å². The van der Waals surface area contributed by atoms with Gasteiger partial charge in [-0.25, -0.2) is 0 Å². The average Bonchev–Trinajstić information content (AvgIpc) is 2.65. The predicted octanol–water partition coefficient (Wildman–Crippen LogP) is 4.06. The van der Waals surface area contributed by atoms with Gasteiger partial charge >= 0.3 is 0 Å². The van der Waals surface area contributed by atoms with Gasteiger partial charge in [-0.3, -0.25) is 14.9 Å². The highest BCUT2D eigenvalue weighted by Crippen LogP contribution is 2.36. The normalized spacial score (nSPS) is 10.8. The third-order valence-electron chi connectivity index (χ3n) is 3.45. The van der Waals surface area contributed by atoms with Crippen LogP contribution < -0.4 is 9.47 Å². The minimum absolute atomic E-state index is 0.0403. The smallest absolute Gasteiger partial charge is 0.270 e. The van der Waals surface area contributed by atoms with Crippen molar-refractivity contribution in [3.8, 4) is 17.6 Å². The van der Waals surface area contributed by atoms with Crippen LogP contribution in [0.4, 0.5) is 5.69 Å². The number of hydrogen-bond donors (Lipinski definition) is 0. The van der Waals surface area contributed by atoms with E-state index in [1.807, 2.05) is 6.07 Å². The number of allylic oxidation sites excluding steroid dienone is 1. The molecule has 8 heteroatoms. The number of carbonyl (C=O) groups excluding carboxylic acids is 1. The summed E-state index contributed by atoms with van der Waals surface area (Å²) >= 11 is 6.12.